The number of nitrogens with zero attached hydrogens (tertiary/aromatic N) is 2. The summed E-state index contributed by atoms with van der Waals surface area (Å²) in [5, 5.41) is 0. The maximum Gasteiger partial charge on any atom is 0.299 e. The lowest BCUT2D eigenvalue weighted by molar-refractivity contribution is -0.590. The molecular formula is C26H29N2+. The molecule has 2 aromatic carbocycles. The lowest BCUT2D eigenvalue weighted by Crippen LogP contribution is -2.36. The van der Waals surface area contributed by atoms with Crippen LogP contribution < -0.4 is 4.57 Å². The number of fused-ring (bicyclic) bond motifs is 1. The second-order valence-electron chi connectivity index (χ2n) is 8.22. The lowest BCUT2D eigenvalue weighted by atomic mass is 9.79. The Labute approximate surface area is 169 Å². The van der Waals surface area contributed by atoms with E-state index in [2.05, 4.69) is 89.9 Å². The van der Waals surface area contributed by atoms with Gasteiger partial charge < -0.3 is 0 Å². The van der Waals surface area contributed by atoms with Crippen molar-refractivity contribution in [3.63, 3.8) is 0 Å². The molecule has 1 aliphatic carbocycles. The Kier molecular flexibility index (Phi) is 4.14. The van der Waals surface area contributed by atoms with Gasteiger partial charge in [-0.15, -0.1) is 0 Å². The average molecular weight is 371 g/mol. The Bertz CT molecular complexity index is 1070. The maximum atomic E-state index is 9.57. The van der Waals surface area contributed by atoms with Crippen LogP contribution in [0.2, 0.25) is 0 Å². The van der Waals surface area contributed by atoms with Crippen molar-refractivity contribution in [2.75, 3.05) is 0 Å². The maximum absolute atomic E-state index is 9.57. The summed E-state index contributed by atoms with van der Waals surface area (Å²) in [6, 6.07) is 19.2. The summed E-state index contributed by atoms with van der Waals surface area (Å²) in [6.07, 6.45) is 10.4. The molecule has 1 atom stereocenters. The Balaban J connectivity index is 1.78. The molecule has 0 bridgehead atoms. The standard InChI is InChI=1S/C26H29N2/c1-19-11-9-10-16-24(19)28-20(2)25-23(21-12-5-3-6-13-21)17-18-27(25)26(28)22-14-7-4-8-15-22/h4,7-11,14-18,21,23H,3,5-6,12-13H2,1-2H3/q+1/i23D. The first-order chi connectivity index (χ1) is 14.1. The molecule has 1 unspecified atom stereocenters. The van der Waals surface area contributed by atoms with Crippen LogP contribution in [0.3, 0.4) is 0 Å². The van der Waals surface area contributed by atoms with Crippen molar-refractivity contribution >= 4 is 6.20 Å². The minimum Gasteiger partial charge on any atom is -0.198 e. The van der Waals surface area contributed by atoms with E-state index in [-0.39, 0.29) is 0 Å². The van der Waals surface area contributed by atoms with Crippen molar-refractivity contribution < 1.29 is 5.94 Å². The molecular weight excluding hydrogens is 340 g/mol. The zero-order valence-corrected chi connectivity index (χ0v) is 16.9. The van der Waals surface area contributed by atoms with Gasteiger partial charge in [0.05, 0.1) is 11.8 Å². The summed E-state index contributed by atoms with van der Waals surface area (Å²) in [7, 11) is 0. The Morgan fingerprint density at radius 3 is 2.39 bits per heavy atom. The molecule has 142 valence electrons. The molecule has 2 heteroatoms. The summed E-state index contributed by atoms with van der Waals surface area (Å²) in [5.41, 5.74) is 5.96. The third-order valence-electron chi connectivity index (χ3n) is 6.47. The molecule has 1 aromatic heterocycles. The Morgan fingerprint density at radius 2 is 1.64 bits per heavy atom. The van der Waals surface area contributed by atoms with Gasteiger partial charge in [0, 0.05) is 14.2 Å². The molecule has 1 aliphatic heterocycles. The highest BCUT2D eigenvalue weighted by Gasteiger charge is 2.40. The van der Waals surface area contributed by atoms with E-state index in [0.717, 1.165) is 24.4 Å². The number of imidazole rings is 1. The van der Waals surface area contributed by atoms with Crippen LogP contribution in [-0.2, 0) is 0 Å². The number of allylic oxidation sites excluding steroid dienone is 1. The van der Waals surface area contributed by atoms with Gasteiger partial charge in [-0.3, -0.25) is 0 Å². The number of rotatable bonds is 3. The quantitative estimate of drug-likeness (QED) is 0.486. The lowest BCUT2D eigenvalue weighted by Gasteiger charge is -2.25. The van der Waals surface area contributed by atoms with E-state index in [1.807, 2.05) is 0 Å². The van der Waals surface area contributed by atoms with Gasteiger partial charge in [0.1, 0.15) is 11.4 Å². The number of hydrogen-bond donors (Lipinski definition) is 0. The van der Waals surface area contributed by atoms with Crippen molar-refractivity contribution in [3.05, 3.63) is 77.6 Å². The number of benzene rings is 2. The summed E-state index contributed by atoms with van der Waals surface area (Å²) in [5.74, 6) is 0.909. The van der Waals surface area contributed by atoms with E-state index >= 15 is 0 Å². The first-order valence-electron chi connectivity index (χ1n) is 11.1. The van der Waals surface area contributed by atoms with Crippen LogP contribution in [0.25, 0.3) is 23.3 Å². The molecule has 0 radical (unpaired) electrons. The minimum atomic E-state index is -0.637. The summed E-state index contributed by atoms with van der Waals surface area (Å²) < 4.78 is 14.2. The van der Waals surface area contributed by atoms with Crippen LogP contribution in [-0.4, -0.2) is 4.57 Å². The van der Waals surface area contributed by atoms with Crippen LogP contribution in [0, 0.1) is 19.8 Å². The summed E-state index contributed by atoms with van der Waals surface area (Å²) >= 11 is 0. The second-order valence-corrected chi connectivity index (χ2v) is 8.22. The molecule has 1 saturated carbocycles. The van der Waals surface area contributed by atoms with Crippen LogP contribution in [0.5, 0.6) is 0 Å². The minimum absolute atomic E-state index is 0.399. The van der Waals surface area contributed by atoms with E-state index in [1.165, 1.54) is 41.8 Å². The molecule has 5 rings (SSSR count). The van der Waals surface area contributed by atoms with Crippen LogP contribution >= 0.6 is 0 Å². The van der Waals surface area contributed by atoms with Gasteiger partial charge in [0.2, 0.25) is 0 Å². The smallest absolute Gasteiger partial charge is 0.198 e. The van der Waals surface area contributed by atoms with Crippen molar-refractivity contribution in [1.82, 2.24) is 4.57 Å². The van der Waals surface area contributed by atoms with E-state index in [0.29, 0.717) is 5.92 Å². The largest absolute Gasteiger partial charge is 0.299 e. The highest BCUT2D eigenvalue weighted by molar-refractivity contribution is 5.61. The molecule has 28 heavy (non-hydrogen) atoms. The van der Waals surface area contributed by atoms with Gasteiger partial charge in [-0.2, -0.15) is 9.13 Å². The van der Waals surface area contributed by atoms with Crippen LogP contribution in [0.1, 0.15) is 56.3 Å². The number of hydrogen-bond acceptors (Lipinski definition) is 0. The third-order valence-corrected chi connectivity index (χ3v) is 6.47. The molecule has 1 fully saturated rings. The molecule has 0 amide bonds. The number of aryl methyl sites for hydroxylation is 1. The SMILES string of the molecule is [2H]C1(C2CCCCC2)C=Cn2c1c(C)[n+](-c1ccccc1C)c2-c1ccccc1. The predicted molar refractivity (Wildman–Crippen MR) is 116 cm³/mol. The van der Waals surface area contributed by atoms with Gasteiger partial charge in [0.15, 0.2) is 5.69 Å². The van der Waals surface area contributed by atoms with Gasteiger partial charge in [-0.1, -0.05) is 55.7 Å². The van der Waals surface area contributed by atoms with E-state index in [4.69, 9.17) is 0 Å². The van der Waals surface area contributed by atoms with Gasteiger partial charge in [-0.05, 0) is 55.5 Å². The zero-order valence-electron chi connectivity index (χ0n) is 17.9. The van der Waals surface area contributed by atoms with Crippen LogP contribution in [0.4, 0.5) is 0 Å². The molecule has 2 aliphatic rings. The highest BCUT2D eigenvalue weighted by atomic mass is 15.2. The fourth-order valence-electron chi connectivity index (χ4n) is 5.09. The topological polar surface area (TPSA) is 8.81 Å². The van der Waals surface area contributed by atoms with E-state index in [9.17, 15) is 1.37 Å². The molecule has 0 N–H and O–H groups in total. The summed E-state index contributed by atoms with van der Waals surface area (Å²) in [4.78, 5) is 0. The van der Waals surface area contributed by atoms with Crippen LogP contribution in [0.15, 0.2) is 60.7 Å². The Hall–Kier alpha value is -2.61. The normalized spacial score (nSPS) is 22.3. The average Bonchev–Trinajstić information content (AvgIpc) is 3.26. The molecule has 2 nitrogen and oxygen atoms in total. The van der Waals surface area contributed by atoms with E-state index < -0.39 is 5.89 Å². The first-order valence-corrected chi connectivity index (χ1v) is 10.6. The van der Waals surface area contributed by atoms with E-state index in [1.54, 1.807) is 0 Å². The van der Waals surface area contributed by atoms with Crippen molar-refractivity contribution in [2.24, 2.45) is 5.92 Å². The fourth-order valence-corrected chi connectivity index (χ4v) is 5.09. The molecule has 0 spiro atoms. The van der Waals surface area contributed by atoms with Gasteiger partial charge >= 0.3 is 0 Å². The monoisotopic (exact) mass is 370 g/mol. The molecule has 2 heterocycles. The molecule has 0 saturated heterocycles. The first kappa shape index (κ1) is 16.4. The second kappa shape index (κ2) is 7.09. The fraction of sp³-hybridized carbons (Fsp3) is 0.346. The Morgan fingerprint density at radius 1 is 0.929 bits per heavy atom. The number of aromatic nitrogens is 2. The van der Waals surface area contributed by atoms with Gasteiger partial charge in [-0.25, -0.2) is 0 Å². The summed E-state index contributed by atoms with van der Waals surface area (Å²) in [6.45, 7) is 4.37. The van der Waals surface area contributed by atoms with Gasteiger partial charge in [0.25, 0.3) is 5.82 Å². The van der Waals surface area contributed by atoms with Crippen molar-refractivity contribution in [2.45, 2.75) is 51.8 Å². The predicted octanol–water partition coefficient (Wildman–Crippen LogP) is 6.20. The van der Waals surface area contributed by atoms with Crippen molar-refractivity contribution in [1.29, 1.82) is 0 Å². The molecule has 3 aromatic rings. The zero-order chi connectivity index (χ0) is 20.0. The third kappa shape index (κ3) is 2.74. The highest BCUT2D eigenvalue weighted by Crippen LogP contribution is 2.42. The number of para-hydroxylation sites is 1. The van der Waals surface area contributed by atoms with Crippen molar-refractivity contribution in [3.8, 4) is 17.1 Å².